The highest BCUT2D eigenvalue weighted by Gasteiger charge is 2.35. The van der Waals surface area contributed by atoms with Crippen LogP contribution in [0.25, 0.3) is 11.4 Å². The molecule has 2 aromatic carbocycles. The quantitative estimate of drug-likeness (QED) is 0.625. The van der Waals surface area contributed by atoms with Gasteiger partial charge in [-0.2, -0.15) is 0 Å². The number of aromatic nitrogens is 3. The van der Waals surface area contributed by atoms with Gasteiger partial charge < -0.3 is 14.8 Å². The molecule has 0 saturated carbocycles. The molecule has 2 aliphatic heterocycles. The van der Waals surface area contributed by atoms with Gasteiger partial charge >= 0.3 is 0 Å². The van der Waals surface area contributed by atoms with Crippen molar-refractivity contribution in [3.8, 4) is 11.4 Å². The largest absolute Gasteiger partial charge is 0.326 e. The minimum atomic E-state index is -0.805. The first kappa shape index (κ1) is 22.1. The normalized spacial score (nSPS) is 18.0. The van der Waals surface area contributed by atoms with Crippen LogP contribution in [0.3, 0.4) is 0 Å². The van der Waals surface area contributed by atoms with E-state index in [-0.39, 0.29) is 24.2 Å². The highest BCUT2D eigenvalue weighted by molar-refractivity contribution is 6.03. The van der Waals surface area contributed by atoms with Crippen LogP contribution in [0.1, 0.15) is 31.5 Å². The first-order valence-corrected chi connectivity index (χ1v) is 11.2. The maximum atomic E-state index is 14.7. The number of rotatable bonds is 4. The summed E-state index contributed by atoms with van der Waals surface area (Å²) in [5.41, 5.74) is 0.655. The molecule has 1 saturated heterocycles. The molecular formula is C24H22F3N5O2. The molecule has 1 aromatic heterocycles. The molecule has 1 unspecified atom stereocenters. The first-order valence-electron chi connectivity index (χ1n) is 11.2. The zero-order valence-electron chi connectivity index (χ0n) is 18.2. The van der Waals surface area contributed by atoms with Gasteiger partial charge in [0, 0.05) is 43.4 Å². The summed E-state index contributed by atoms with van der Waals surface area (Å²) in [5.74, 6) is -2.42. The summed E-state index contributed by atoms with van der Waals surface area (Å²) in [5, 5.41) is 11.1. The predicted octanol–water partition coefficient (Wildman–Crippen LogP) is 4.08. The Hall–Kier alpha value is -3.69. The number of carbonyl (C=O) groups excluding carboxylic acids is 2. The standard InChI is InChI=1S/C24H22F3N5O2/c25-15-9-16(26)11-18(10-15)32-13-14(8-22(32)33)24(34)28-17-5-6-20(27)19(12-17)23-30-29-21-4-2-1-3-7-31(21)23/h5-6,9-12,14H,1-4,7-8,13H2,(H,28,34). The fraction of sp³-hybridized carbons (Fsp3) is 0.333. The number of fused-ring (bicyclic) bond motifs is 1. The lowest BCUT2D eigenvalue weighted by Crippen LogP contribution is -2.28. The fourth-order valence-electron chi connectivity index (χ4n) is 4.53. The monoisotopic (exact) mass is 469 g/mol. The van der Waals surface area contributed by atoms with Crippen LogP contribution in [0.5, 0.6) is 0 Å². The lowest BCUT2D eigenvalue weighted by Gasteiger charge is -2.17. The topological polar surface area (TPSA) is 80.1 Å². The van der Waals surface area contributed by atoms with Gasteiger partial charge in [0.1, 0.15) is 23.3 Å². The molecule has 34 heavy (non-hydrogen) atoms. The number of benzene rings is 2. The molecular weight excluding hydrogens is 447 g/mol. The number of halogens is 3. The maximum Gasteiger partial charge on any atom is 0.229 e. The van der Waals surface area contributed by atoms with Crippen molar-refractivity contribution < 1.29 is 22.8 Å². The van der Waals surface area contributed by atoms with Gasteiger partial charge in [0.15, 0.2) is 5.82 Å². The number of nitrogens with zero attached hydrogens (tertiary/aromatic N) is 4. The van der Waals surface area contributed by atoms with E-state index < -0.39 is 35.2 Å². The Morgan fingerprint density at radius 2 is 1.79 bits per heavy atom. The van der Waals surface area contributed by atoms with Crippen molar-refractivity contribution in [2.45, 2.75) is 38.6 Å². The van der Waals surface area contributed by atoms with Crippen molar-refractivity contribution in [3.05, 3.63) is 59.7 Å². The number of amides is 2. The smallest absolute Gasteiger partial charge is 0.229 e. The highest BCUT2D eigenvalue weighted by Crippen LogP contribution is 2.30. The molecule has 1 atom stereocenters. The third kappa shape index (κ3) is 4.27. The van der Waals surface area contributed by atoms with Crippen molar-refractivity contribution in [2.24, 2.45) is 5.92 Å². The number of hydrogen-bond acceptors (Lipinski definition) is 4. The minimum Gasteiger partial charge on any atom is -0.326 e. The second-order valence-corrected chi connectivity index (χ2v) is 8.62. The molecule has 3 heterocycles. The van der Waals surface area contributed by atoms with E-state index in [1.54, 1.807) is 0 Å². The third-order valence-corrected chi connectivity index (χ3v) is 6.24. The zero-order valence-corrected chi connectivity index (χ0v) is 18.2. The summed E-state index contributed by atoms with van der Waals surface area (Å²) in [6.07, 6.45) is 3.72. The summed E-state index contributed by atoms with van der Waals surface area (Å²) >= 11 is 0. The Balaban J connectivity index is 1.34. The van der Waals surface area contributed by atoms with Gasteiger partial charge in [0.05, 0.1) is 11.5 Å². The van der Waals surface area contributed by atoms with E-state index in [0.29, 0.717) is 24.1 Å². The van der Waals surface area contributed by atoms with Gasteiger partial charge in [-0.3, -0.25) is 9.59 Å². The van der Waals surface area contributed by atoms with Crippen LogP contribution < -0.4 is 10.2 Å². The SMILES string of the molecule is O=C(Nc1ccc(F)c(-c2nnc3n2CCCCC3)c1)C1CC(=O)N(c2cc(F)cc(F)c2)C1. The van der Waals surface area contributed by atoms with E-state index in [4.69, 9.17) is 0 Å². The molecule has 1 fully saturated rings. The van der Waals surface area contributed by atoms with Crippen molar-refractivity contribution >= 4 is 23.2 Å². The number of carbonyl (C=O) groups is 2. The van der Waals surface area contributed by atoms with E-state index in [9.17, 15) is 22.8 Å². The molecule has 2 aliphatic rings. The number of hydrogen-bond donors (Lipinski definition) is 1. The average Bonchev–Trinajstić information content (AvgIpc) is 3.30. The maximum absolute atomic E-state index is 14.7. The van der Waals surface area contributed by atoms with E-state index in [0.717, 1.165) is 43.6 Å². The van der Waals surface area contributed by atoms with Gasteiger partial charge in [-0.15, -0.1) is 10.2 Å². The summed E-state index contributed by atoms with van der Waals surface area (Å²) in [7, 11) is 0. The predicted molar refractivity (Wildman–Crippen MR) is 118 cm³/mol. The molecule has 5 rings (SSSR count). The van der Waals surface area contributed by atoms with Crippen molar-refractivity contribution in [2.75, 3.05) is 16.8 Å². The van der Waals surface area contributed by atoms with Gasteiger partial charge in [0.2, 0.25) is 11.8 Å². The van der Waals surface area contributed by atoms with E-state index >= 15 is 0 Å². The Morgan fingerprint density at radius 1 is 1.00 bits per heavy atom. The second kappa shape index (κ2) is 8.92. The molecule has 0 spiro atoms. The van der Waals surface area contributed by atoms with Crippen LogP contribution in [0.4, 0.5) is 24.5 Å². The summed E-state index contributed by atoms with van der Waals surface area (Å²) in [4.78, 5) is 26.5. The number of anilines is 2. The number of nitrogens with one attached hydrogen (secondary N) is 1. The van der Waals surface area contributed by atoms with Crippen LogP contribution in [0.2, 0.25) is 0 Å². The van der Waals surface area contributed by atoms with Crippen LogP contribution in [-0.4, -0.2) is 33.1 Å². The minimum absolute atomic E-state index is 0.0146. The van der Waals surface area contributed by atoms with E-state index in [1.165, 1.54) is 23.1 Å². The summed E-state index contributed by atoms with van der Waals surface area (Å²) < 4.78 is 43.7. The molecule has 176 valence electrons. The van der Waals surface area contributed by atoms with Crippen LogP contribution in [0, 0.1) is 23.4 Å². The average molecular weight is 469 g/mol. The molecule has 2 amide bonds. The Bertz CT molecular complexity index is 1260. The summed E-state index contributed by atoms with van der Waals surface area (Å²) in [6.45, 7) is 0.688. The third-order valence-electron chi connectivity index (χ3n) is 6.24. The molecule has 3 aromatic rings. The number of aryl methyl sites for hydroxylation is 1. The molecule has 1 N–H and O–H groups in total. The lowest BCUT2D eigenvalue weighted by atomic mass is 10.1. The molecule has 10 heteroatoms. The van der Waals surface area contributed by atoms with Gasteiger partial charge in [-0.1, -0.05) is 6.42 Å². The first-order chi connectivity index (χ1) is 16.4. The second-order valence-electron chi connectivity index (χ2n) is 8.62. The van der Waals surface area contributed by atoms with E-state index in [1.807, 2.05) is 4.57 Å². The lowest BCUT2D eigenvalue weighted by molar-refractivity contribution is -0.122. The van der Waals surface area contributed by atoms with Gasteiger partial charge in [0.25, 0.3) is 0 Å². The fourth-order valence-corrected chi connectivity index (χ4v) is 4.53. The van der Waals surface area contributed by atoms with Crippen LogP contribution >= 0.6 is 0 Å². The Kier molecular flexibility index (Phi) is 5.80. The summed E-state index contributed by atoms with van der Waals surface area (Å²) in [6, 6.07) is 7.02. The van der Waals surface area contributed by atoms with Crippen LogP contribution in [-0.2, 0) is 22.6 Å². The van der Waals surface area contributed by atoms with Gasteiger partial charge in [-0.05, 0) is 43.2 Å². The highest BCUT2D eigenvalue weighted by atomic mass is 19.1. The molecule has 7 nitrogen and oxygen atoms in total. The van der Waals surface area contributed by atoms with Crippen molar-refractivity contribution in [3.63, 3.8) is 0 Å². The van der Waals surface area contributed by atoms with Crippen molar-refractivity contribution in [1.29, 1.82) is 0 Å². The molecule has 0 radical (unpaired) electrons. The van der Waals surface area contributed by atoms with Crippen LogP contribution in [0.15, 0.2) is 36.4 Å². The van der Waals surface area contributed by atoms with Crippen molar-refractivity contribution in [1.82, 2.24) is 14.8 Å². The molecule has 0 aliphatic carbocycles. The molecule has 0 bridgehead atoms. The zero-order chi connectivity index (χ0) is 23.8. The Morgan fingerprint density at radius 3 is 2.59 bits per heavy atom. The van der Waals surface area contributed by atoms with Gasteiger partial charge in [-0.25, -0.2) is 13.2 Å². The van der Waals surface area contributed by atoms with E-state index in [2.05, 4.69) is 15.5 Å². The Labute approximate surface area is 193 Å².